The minimum Gasteiger partial charge on any atom is -0.311 e. The summed E-state index contributed by atoms with van der Waals surface area (Å²) >= 11 is 0. The summed E-state index contributed by atoms with van der Waals surface area (Å²) in [5.41, 5.74) is 26.7. The Hall–Kier alpha value is -5.80. The molecule has 0 saturated heterocycles. The smallest absolute Gasteiger partial charge is 0.252 e. The Balaban J connectivity index is 1.24. The number of hydrogen-bond donors (Lipinski definition) is 0. The molecule has 0 saturated carbocycles. The molecule has 0 spiro atoms. The summed E-state index contributed by atoms with van der Waals surface area (Å²) in [5.74, 6) is 0. The van der Waals surface area contributed by atoms with Crippen molar-refractivity contribution in [3.8, 4) is 22.3 Å². The Bertz CT molecular complexity index is 3070. The molecular formula is C64H71BN2. The molecule has 0 radical (unpaired) electrons. The first-order valence-corrected chi connectivity index (χ1v) is 24.9. The summed E-state index contributed by atoms with van der Waals surface area (Å²) in [7, 11) is 0. The Kier molecular flexibility index (Phi) is 10.3. The zero-order valence-corrected chi connectivity index (χ0v) is 43.1. The highest BCUT2D eigenvalue weighted by atomic mass is 15.2. The molecule has 0 fully saturated rings. The molecule has 0 atom stereocenters. The van der Waals surface area contributed by atoms with Gasteiger partial charge in [-0.1, -0.05) is 182 Å². The predicted molar refractivity (Wildman–Crippen MR) is 292 cm³/mol. The van der Waals surface area contributed by atoms with E-state index in [1.54, 1.807) is 0 Å². The quantitative estimate of drug-likeness (QED) is 0.163. The molecule has 0 amide bonds. The van der Waals surface area contributed by atoms with E-state index in [1.807, 2.05) is 0 Å². The lowest BCUT2D eigenvalue weighted by Gasteiger charge is -2.45. The van der Waals surface area contributed by atoms with Crippen molar-refractivity contribution < 1.29 is 0 Å². The Morgan fingerprint density at radius 3 is 1.39 bits per heavy atom. The topological polar surface area (TPSA) is 6.48 Å². The normalized spacial score (nSPS) is 15.3. The van der Waals surface area contributed by atoms with Gasteiger partial charge >= 0.3 is 0 Å². The average Bonchev–Trinajstić information content (AvgIpc) is 3.56. The number of nitrogens with zero attached hydrogens (tertiary/aromatic N) is 2. The molecule has 0 bridgehead atoms. The Morgan fingerprint density at radius 2 is 0.836 bits per heavy atom. The monoisotopic (exact) mass is 879 g/mol. The lowest BCUT2D eigenvalue weighted by molar-refractivity contribution is 0.392. The van der Waals surface area contributed by atoms with Crippen LogP contribution in [0.4, 0.5) is 34.1 Å². The summed E-state index contributed by atoms with van der Waals surface area (Å²) < 4.78 is 0. The standard InChI is InChI=1S/C64H71BN2/c1-40-32-57-59-58(33-40)67(54-30-26-48(62(8,9)10)36-51(54)43-18-16-41(17-19-43)42-20-22-46(23-21-42)60(2,3)4)56-35-45-39-64(14,15)38-44(45)34-52(56)65(59)53-37-49(63(11,12)13)27-31-55(53)66(57)50-28-24-47(25-29-50)61(5,6)7/h16-37H,38-39H2,1-15H3. The van der Waals surface area contributed by atoms with Crippen LogP contribution in [-0.4, -0.2) is 6.71 Å². The first kappa shape index (κ1) is 45.0. The summed E-state index contributed by atoms with van der Waals surface area (Å²) in [6, 6.07) is 52.8. The first-order chi connectivity index (χ1) is 31.4. The Labute approximate surface area is 403 Å². The molecule has 0 N–H and O–H groups in total. The van der Waals surface area contributed by atoms with E-state index in [0.717, 1.165) is 12.8 Å². The van der Waals surface area contributed by atoms with Crippen LogP contribution >= 0.6 is 0 Å². The van der Waals surface area contributed by atoms with E-state index in [0.29, 0.717) is 0 Å². The lowest BCUT2D eigenvalue weighted by atomic mass is 9.33. The van der Waals surface area contributed by atoms with Crippen LogP contribution in [0, 0.1) is 12.3 Å². The molecule has 2 heterocycles. The average molecular weight is 879 g/mol. The van der Waals surface area contributed by atoms with E-state index in [-0.39, 0.29) is 33.8 Å². The summed E-state index contributed by atoms with van der Waals surface area (Å²) in [4.78, 5) is 5.25. The second kappa shape index (κ2) is 15.4. The summed E-state index contributed by atoms with van der Waals surface area (Å²) in [6.45, 7) is 35.1. The SMILES string of the molecule is Cc1cc2c3c(c1)N(c1ccc(C(C)(C)C)cc1-c1ccc(-c4ccc(C(C)(C)C)cc4)cc1)c1cc4c(cc1B3c1cc(C(C)(C)C)ccc1N2c1ccc(C(C)(C)C)cc1)CC(C)(C)C4. The minimum absolute atomic E-state index is 0.00871. The van der Waals surface area contributed by atoms with Crippen LogP contribution in [0.25, 0.3) is 22.3 Å². The van der Waals surface area contributed by atoms with Crippen LogP contribution in [0.1, 0.15) is 136 Å². The zero-order valence-electron chi connectivity index (χ0n) is 43.1. The molecule has 2 nitrogen and oxygen atoms in total. The van der Waals surface area contributed by atoms with Gasteiger partial charge in [0.2, 0.25) is 0 Å². The molecule has 10 rings (SSSR count). The van der Waals surface area contributed by atoms with Gasteiger partial charge in [0.1, 0.15) is 0 Å². The van der Waals surface area contributed by atoms with E-state index in [4.69, 9.17) is 0 Å². The van der Waals surface area contributed by atoms with Gasteiger partial charge in [-0.2, -0.15) is 0 Å². The first-order valence-electron chi connectivity index (χ1n) is 24.9. The van der Waals surface area contributed by atoms with Gasteiger partial charge < -0.3 is 9.80 Å². The molecular weight excluding hydrogens is 808 g/mol. The number of anilines is 6. The van der Waals surface area contributed by atoms with E-state index >= 15 is 0 Å². The molecule has 0 aromatic heterocycles. The van der Waals surface area contributed by atoms with Gasteiger partial charge in [-0.05, 0) is 167 Å². The van der Waals surface area contributed by atoms with Gasteiger partial charge in [-0.15, -0.1) is 0 Å². The van der Waals surface area contributed by atoms with Crippen molar-refractivity contribution in [1.82, 2.24) is 0 Å². The maximum atomic E-state index is 2.67. The van der Waals surface area contributed by atoms with Crippen molar-refractivity contribution in [2.45, 2.75) is 138 Å². The molecule has 2 aliphatic heterocycles. The van der Waals surface area contributed by atoms with Gasteiger partial charge in [0.15, 0.2) is 0 Å². The van der Waals surface area contributed by atoms with Gasteiger partial charge in [-0.3, -0.25) is 0 Å². The minimum atomic E-state index is -0.0284. The zero-order chi connectivity index (χ0) is 47.7. The van der Waals surface area contributed by atoms with Crippen LogP contribution < -0.4 is 26.2 Å². The number of benzene rings is 7. The molecule has 7 aromatic carbocycles. The highest BCUT2D eigenvalue weighted by molar-refractivity contribution is 7.00. The number of rotatable bonds is 4. The van der Waals surface area contributed by atoms with E-state index in [9.17, 15) is 0 Å². The maximum absolute atomic E-state index is 2.67. The van der Waals surface area contributed by atoms with Crippen LogP contribution in [0.15, 0.2) is 133 Å². The van der Waals surface area contributed by atoms with Crippen molar-refractivity contribution >= 4 is 57.2 Å². The summed E-state index contributed by atoms with van der Waals surface area (Å²) in [6.07, 6.45) is 2.17. The highest BCUT2D eigenvalue weighted by Gasteiger charge is 2.45. The van der Waals surface area contributed by atoms with Crippen LogP contribution in [0.5, 0.6) is 0 Å². The van der Waals surface area contributed by atoms with Crippen molar-refractivity contribution in [2.24, 2.45) is 5.41 Å². The van der Waals surface area contributed by atoms with Crippen molar-refractivity contribution in [3.63, 3.8) is 0 Å². The van der Waals surface area contributed by atoms with Gasteiger partial charge in [0.25, 0.3) is 6.71 Å². The third-order valence-electron chi connectivity index (χ3n) is 15.1. The van der Waals surface area contributed by atoms with Crippen molar-refractivity contribution in [3.05, 3.63) is 172 Å². The molecule has 0 unspecified atom stereocenters. The third-order valence-corrected chi connectivity index (χ3v) is 15.1. The van der Waals surface area contributed by atoms with Gasteiger partial charge in [0.05, 0.1) is 5.69 Å². The third kappa shape index (κ3) is 7.95. The number of aryl methyl sites for hydroxylation is 1. The maximum Gasteiger partial charge on any atom is 0.252 e. The lowest BCUT2D eigenvalue weighted by Crippen LogP contribution is -2.61. The molecule has 3 aliphatic rings. The number of hydrogen-bond acceptors (Lipinski definition) is 2. The van der Waals surface area contributed by atoms with E-state index in [2.05, 4.69) is 247 Å². The van der Waals surface area contributed by atoms with Gasteiger partial charge in [0, 0.05) is 34.0 Å². The van der Waals surface area contributed by atoms with Crippen LogP contribution in [0.3, 0.4) is 0 Å². The molecule has 340 valence electrons. The highest BCUT2D eigenvalue weighted by Crippen LogP contribution is 2.50. The molecule has 67 heavy (non-hydrogen) atoms. The predicted octanol–water partition coefficient (Wildman–Crippen LogP) is 15.7. The second-order valence-electron chi connectivity index (χ2n) is 25.2. The fourth-order valence-corrected chi connectivity index (χ4v) is 11.2. The van der Waals surface area contributed by atoms with Crippen molar-refractivity contribution in [1.29, 1.82) is 0 Å². The Morgan fingerprint density at radius 1 is 0.403 bits per heavy atom. The van der Waals surface area contributed by atoms with Crippen LogP contribution in [-0.2, 0) is 34.5 Å². The fourth-order valence-electron chi connectivity index (χ4n) is 11.2. The van der Waals surface area contributed by atoms with E-state index in [1.165, 1.54) is 112 Å². The second-order valence-corrected chi connectivity index (χ2v) is 25.2. The molecule has 7 aromatic rings. The van der Waals surface area contributed by atoms with Crippen LogP contribution in [0.2, 0.25) is 0 Å². The molecule has 1 aliphatic carbocycles. The fraction of sp³-hybridized carbons (Fsp3) is 0.344. The van der Waals surface area contributed by atoms with Crippen molar-refractivity contribution in [2.75, 3.05) is 9.80 Å². The summed E-state index contributed by atoms with van der Waals surface area (Å²) in [5, 5.41) is 0. The molecule has 3 heteroatoms. The van der Waals surface area contributed by atoms with E-state index < -0.39 is 0 Å². The number of fused-ring (bicyclic) bond motifs is 5. The largest absolute Gasteiger partial charge is 0.311 e. The van der Waals surface area contributed by atoms with Gasteiger partial charge in [-0.25, -0.2) is 0 Å².